The third kappa shape index (κ3) is 1.03. The Morgan fingerprint density at radius 2 is 1.92 bits per heavy atom. The third-order valence-electron chi connectivity index (χ3n) is 2.01. The molecule has 0 aromatic heterocycles. The van der Waals surface area contributed by atoms with Crippen LogP contribution in [-0.4, -0.2) is 5.11 Å². The standard InChI is InChI=1S/C11H10O/c1-8-5-6-10-9(7-8)3-2-4-11(10)12/h2-7,12H,1H3. The van der Waals surface area contributed by atoms with Crippen LogP contribution in [0, 0.1) is 6.92 Å². The zero-order chi connectivity index (χ0) is 8.55. The fraction of sp³-hybridized carbons (Fsp3) is 0.0909. The summed E-state index contributed by atoms with van der Waals surface area (Å²) >= 11 is 0. The number of hydrogen-bond donors (Lipinski definition) is 1. The molecule has 0 aliphatic heterocycles. The highest BCUT2D eigenvalue weighted by molar-refractivity contribution is 5.88. The van der Waals surface area contributed by atoms with E-state index in [-0.39, 0.29) is 0 Å². The van der Waals surface area contributed by atoms with Crippen LogP contribution in [0.1, 0.15) is 5.56 Å². The summed E-state index contributed by atoms with van der Waals surface area (Å²) in [4.78, 5) is 0. The first-order valence-corrected chi connectivity index (χ1v) is 3.96. The van der Waals surface area contributed by atoms with E-state index in [1.165, 1.54) is 5.56 Å². The molecular formula is C11H10O. The molecule has 0 atom stereocenters. The highest BCUT2D eigenvalue weighted by Crippen LogP contribution is 2.24. The van der Waals surface area contributed by atoms with Crippen molar-refractivity contribution in [2.24, 2.45) is 0 Å². The summed E-state index contributed by atoms with van der Waals surface area (Å²) in [5.41, 5.74) is 1.22. The van der Waals surface area contributed by atoms with Gasteiger partial charge in [-0.25, -0.2) is 0 Å². The minimum Gasteiger partial charge on any atom is -0.507 e. The second-order valence-corrected chi connectivity index (χ2v) is 3.00. The predicted octanol–water partition coefficient (Wildman–Crippen LogP) is 2.85. The van der Waals surface area contributed by atoms with Crippen LogP contribution in [0.25, 0.3) is 10.8 Å². The summed E-state index contributed by atoms with van der Waals surface area (Å²) in [5, 5.41) is 11.5. The van der Waals surface area contributed by atoms with E-state index in [0.717, 1.165) is 10.8 Å². The van der Waals surface area contributed by atoms with Gasteiger partial charge in [0.15, 0.2) is 0 Å². The Labute approximate surface area is 71.3 Å². The number of phenols is 1. The predicted molar refractivity (Wildman–Crippen MR) is 50.3 cm³/mol. The van der Waals surface area contributed by atoms with Crippen LogP contribution in [0.2, 0.25) is 0 Å². The van der Waals surface area contributed by atoms with Gasteiger partial charge < -0.3 is 5.11 Å². The van der Waals surface area contributed by atoms with E-state index in [1.807, 2.05) is 31.2 Å². The first kappa shape index (κ1) is 7.17. The molecule has 0 amide bonds. The molecule has 0 unspecified atom stereocenters. The van der Waals surface area contributed by atoms with Crippen LogP contribution in [0.15, 0.2) is 36.4 Å². The maximum Gasteiger partial charge on any atom is 0.123 e. The maximum atomic E-state index is 9.46. The zero-order valence-corrected chi connectivity index (χ0v) is 6.91. The van der Waals surface area contributed by atoms with E-state index in [4.69, 9.17) is 0 Å². The second kappa shape index (κ2) is 2.52. The van der Waals surface area contributed by atoms with Crippen molar-refractivity contribution in [3.05, 3.63) is 42.0 Å². The summed E-state index contributed by atoms with van der Waals surface area (Å²) in [7, 11) is 0. The first-order chi connectivity index (χ1) is 5.77. The van der Waals surface area contributed by atoms with Crippen molar-refractivity contribution in [1.82, 2.24) is 0 Å². The molecule has 0 heterocycles. The van der Waals surface area contributed by atoms with Crippen molar-refractivity contribution < 1.29 is 5.11 Å². The molecule has 2 aromatic carbocycles. The third-order valence-corrected chi connectivity index (χ3v) is 2.01. The molecular weight excluding hydrogens is 148 g/mol. The van der Waals surface area contributed by atoms with E-state index in [0.29, 0.717) is 5.75 Å². The fourth-order valence-corrected chi connectivity index (χ4v) is 1.39. The van der Waals surface area contributed by atoms with E-state index in [9.17, 15) is 5.11 Å². The van der Waals surface area contributed by atoms with Crippen LogP contribution in [0.3, 0.4) is 0 Å². The summed E-state index contributed by atoms with van der Waals surface area (Å²) in [5.74, 6) is 0.354. The van der Waals surface area contributed by atoms with Crippen LogP contribution >= 0.6 is 0 Å². The highest BCUT2D eigenvalue weighted by Gasteiger charge is 1.96. The summed E-state index contributed by atoms with van der Waals surface area (Å²) < 4.78 is 0. The van der Waals surface area contributed by atoms with E-state index in [1.54, 1.807) is 6.07 Å². The number of rotatable bonds is 0. The minimum absolute atomic E-state index is 0.354. The molecule has 0 saturated carbocycles. The summed E-state index contributed by atoms with van der Waals surface area (Å²) in [6, 6.07) is 11.6. The molecule has 0 bridgehead atoms. The first-order valence-electron chi connectivity index (χ1n) is 3.96. The van der Waals surface area contributed by atoms with Crippen LogP contribution in [0.5, 0.6) is 5.75 Å². The number of aryl methyl sites for hydroxylation is 1. The molecule has 0 radical (unpaired) electrons. The van der Waals surface area contributed by atoms with Crippen molar-refractivity contribution in [1.29, 1.82) is 0 Å². The van der Waals surface area contributed by atoms with E-state index in [2.05, 4.69) is 6.07 Å². The average molecular weight is 158 g/mol. The van der Waals surface area contributed by atoms with Crippen molar-refractivity contribution in [2.75, 3.05) is 0 Å². The number of aromatic hydroxyl groups is 1. The molecule has 1 heteroatoms. The topological polar surface area (TPSA) is 20.2 Å². The smallest absolute Gasteiger partial charge is 0.123 e. The number of hydrogen-bond acceptors (Lipinski definition) is 1. The molecule has 0 aliphatic rings. The molecule has 1 nitrogen and oxygen atoms in total. The van der Waals surface area contributed by atoms with Crippen LogP contribution in [-0.2, 0) is 0 Å². The van der Waals surface area contributed by atoms with Gasteiger partial charge in [0.1, 0.15) is 5.75 Å². The number of fused-ring (bicyclic) bond motifs is 1. The number of benzene rings is 2. The van der Waals surface area contributed by atoms with E-state index >= 15 is 0 Å². The van der Waals surface area contributed by atoms with Gasteiger partial charge in [-0.15, -0.1) is 0 Å². The van der Waals surface area contributed by atoms with Crippen LogP contribution < -0.4 is 0 Å². The summed E-state index contributed by atoms with van der Waals surface area (Å²) in [6.07, 6.45) is 0. The normalized spacial score (nSPS) is 10.4. The molecule has 0 aliphatic carbocycles. The van der Waals surface area contributed by atoms with Gasteiger partial charge in [0, 0.05) is 5.39 Å². The largest absolute Gasteiger partial charge is 0.507 e. The Balaban J connectivity index is 2.86. The maximum absolute atomic E-state index is 9.46. The van der Waals surface area contributed by atoms with E-state index < -0.39 is 0 Å². The highest BCUT2D eigenvalue weighted by atomic mass is 16.3. The van der Waals surface area contributed by atoms with Gasteiger partial charge in [0.05, 0.1) is 0 Å². The summed E-state index contributed by atoms with van der Waals surface area (Å²) in [6.45, 7) is 2.05. The van der Waals surface area contributed by atoms with Crippen LogP contribution in [0.4, 0.5) is 0 Å². The quantitative estimate of drug-likeness (QED) is 0.625. The molecule has 0 saturated heterocycles. The fourth-order valence-electron chi connectivity index (χ4n) is 1.39. The van der Waals surface area contributed by atoms with Gasteiger partial charge in [-0.1, -0.05) is 35.9 Å². The lowest BCUT2D eigenvalue weighted by molar-refractivity contribution is 0.481. The van der Waals surface area contributed by atoms with Gasteiger partial charge in [-0.3, -0.25) is 0 Å². The lowest BCUT2D eigenvalue weighted by Crippen LogP contribution is -1.75. The molecule has 2 rings (SSSR count). The van der Waals surface area contributed by atoms with Crippen molar-refractivity contribution in [3.63, 3.8) is 0 Å². The van der Waals surface area contributed by atoms with Gasteiger partial charge in [-0.05, 0) is 18.4 Å². The van der Waals surface area contributed by atoms with Crippen molar-refractivity contribution in [2.45, 2.75) is 6.92 Å². The molecule has 2 aromatic rings. The molecule has 0 spiro atoms. The Hall–Kier alpha value is -1.50. The Morgan fingerprint density at radius 3 is 2.75 bits per heavy atom. The lowest BCUT2D eigenvalue weighted by Gasteiger charge is -2.00. The van der Waals surface area contributed by atoms with Gasteiger partial charge >= 0.3 is 0 Å². The minimum atomic E-state index is 0.354. The van der Waals surface area contributed by atoms with Gasteiger partial charge in [-0.2, -0.15) is 0 Å². The number of phenolic OH excluding ortho intramolecular Hbond substituents is 1. The van der Waals surface area contributed by atoms with Gasteiger partial charge in [0.2, 0.25) is 0 Å². The van der Waals surface area contributed by atoms with Crippen molar-refractivity contribution in [3.8, 4) is 5.75 Å². The molecule has 12 heavy (non-hydrogen) atoms. The zero-order valence-electron chi connectivity index (χ0n) is 6.91. The average Bonchev–Trinajstić information content (AvgIpc) is 2.04. The Morgan fingerprint density at radius 1 is 1.08 bits per heavy atom. The molecule has 0 fully saturated rings. The monoisotopic (exact) mass is 158 g/mol. The molecule has 60 valence electrons. The van der Waals surface area contributed by atoms with Gasteiger partial charge in [0.25, 0.3) is 0 Å². The SMILES string of the molecule is Cc1ccc2c(O)cccc2c1. The molecule has 1 N–H and O–H groups in total. The second-order valence-electron chi connectivity index (χ2n) is 3.00. The lowest BCUT2D eigenvalue weighted by atomic mass is 10.1. The van der Waals surface area contributed by atoms with Crippen molar-refractivity contribution >= 4 is 10.8 Å². The Bertz CT molecular complexity index is 418. The Kier molecular flexibility index (Phi) is 1.51.